The van der Waals surface area contributed by atoms with Crippen LogP contribution in [-0.4, -0.2) is 15.5 Å². The highest BCUT2D eigenvalue weighted by Crippen LogP contribution is 2.36. The molecule has 30 heavy (non-hydrogen) atoms. The molecule has 158 valence electrons. The van der Waals surface area contributed by atoms with Crippen molar-refractivity contribution in [3.8, 4) is 0 Å². The fourth-order valence-corrected chi connectivity index (χ4v) is 5.04. The zero-order valence-electron chi connectivity index (χ0n) is 16.3. The summed E-state index contributed by atoms with van der Waals surface area (Å²) in [5.74, 6) is -0.710. The van der Waals surface area contributed by atoms with E-state index < -0.39 is 17.6 Å². The van der Waals surface area contributed by atoms with Crippen LogP contribution in [0.1, 0.15) is 58.9 Å². The summed E-state index contributed by atoms with van der Waals surface area (Å²) in [7, 11) is 0. The van der Waals surface area contributed by atoms with E-state index in [9.17, 15) is 22.8 Å². The highest BCUT2D eigenvalue weighted by molar-refractivity contribution is 7.19. The number of rotatable bonds is 3. The van der Waals surface area contributed by atoms with Gasteiger partial charge in [-0.05, 0) is 31.9 Å². The van der Waals surface area contributed by atoms with Crippen LogP contribution in [0.3, 0.4) is 0 Å². The maximum Gasteiger partial charge on any atom is 0.418 e. The smallest absolute Gasteiger partial charge is 0.321 e. The summed E-state index contributed by atoms with van der Waals surface area (Å²) < 4.78 is 41.7. The van der Waals surface area contributed by atoms with Crippen molar-refractivity contribution in [3.63, 3.8) is 0 Å². The monoisotopic (exact) mass is 435 g/mol. The number of nitrogens with zero attached hydrogens (tertiary/aromatic N) is 2. The molecule has 1 saturated carbocycles. The predicted molar refractivity (Wildman–Crippen MR) is 110 cm³/mol. The molecule has 0 spiro atoms. The third-order valence-corrected chi connectivity index (χ3v) is 6.56. The number of aromatic nitrogens is 2. The van der Waals surface area contributed by atoms with Gasteiger partial charge in [0.15, 0.2) is 0 Å². The first kappa shape index (κ1) is 20.6. The molecule has 0 unspecified atom stereocenters. The predicted octanol–water partition coefficient (Wildman–Crippen LogP) is 5.54. The minimum Gasteiger partial charge on any atom is -0.321 e. The molecule has 0 radical (unpaired) electrons. The lowest BCUT2D eigenvalue weighted by Crippen LogP contribution is -2.26. The first-order valence-electron chi connectivity index (χ1n) is 9.75. The normalized spacial score (nSPS) is 15.5. The molecule has 1 fully saturated rings. The summed E-state index contributed by atoms with van der Waals surface area (Å²) in [6, 6.07) is 4.90. The van der Waals surface area contributed by atoms with Crippen LogP contribution >= 0.6 is 11.3 Å². The Morgan fingerprint density at radius 3 is 2.60 bits per heavy atom. The van der Waals surface area contributed by atoms with E-state index in [1.54, 1.807) is 11.5 Å². The van der Waals surface area contributed by atoms with Gasteiger partial charge in [-0.25, -0.2) is 4.98 Å². The van der Waals surface area contributed by atoms with Crippen LogP contribution in [0.5, 0.6) is 0 Å². The number of fused-ring (bicyclic) bond motifs is 1. The number of para-hydroxylation sites is 1. The summed E-state index contributed by atoms with van der Waals surface area (Å²) in [6.07, 6.45) is 1.98. The van der Waals surface area contributed by atoms with Crippen LogP contribution in [-0.2, 0) is 6.18 Å². The van der Waals surface area contributed by atoms with Gasteiger partial charge in [0.25, 0.3) is 11.5 Å². The van der Waals surface area contributed by atoms with E-state index in [-0.39, 0.29) is 28.4 Å². The number of nitrogens with one attached hydrogen (secondary N) is 1. The Hall–Kier alpha value is -2.68. The quantitative estimate of drug-likeness (QED) is 0.587. The zero-order valence-corrected chi connectivity index (χ0v) is 17.1. The van der Waals surface area contributed by atoms with Crippen LogP contribution in [0.2, 0.25) is 0 Å². The molecule has 0 aliphatic heterocycles. The van der Waals surface area contributed by atoms with Crippen molar-refractivity contribution in [1.82, 2.24) is 9.55 Å². The van der Waals surface area contributed by atoms with Gasteiger partial charge in [-0.3, -0.25) is 14.2 Å². The minimum absolute atomic E-state index is 0.0986. The first-order chi connectivity index (χ1) is 14.3. The third-order valence-electron chi connectivity index (χ3n) is 5.47. The molecule has 0 bridgehead atoms. The van der Waals surface area contributed by atoms with Crippen molar-refractivity contribution >= 4 is 33.1 Å². The van der Waals surface area contributed by atoms with Gasteiger partial charge >= 0.3 is 6.18 Å². The van der Waals surface area contributed by atoms with Gasteiger partial charge in [0, 0.05) is 10.9 Å². The lowest BCUT2D eigenvalue weighted by molar-refractivity contribution is -0.136. The second-order valence-electron chi connectivity index (χ2n) is 7.46. The highest BCUT2D eigenvalue weighted by Gasteiger charge is 2.34. The number of halogens is 3. The maximum absolute atomic E-state index is 13.2. The van der Waals surface area contributed by atoms with Gasteiger partial charge in [-0.15, -0.1) is 11.3 Å². The van der Waals surface area contributed by atoms with Crippen molar-refractivity contribution in [3.05, 3.63) is 57.0 Å². The second-order valence-corrected chi connectivity index (χ2v) is 8.68. The van der Waals surface area contributed by atoms with Crippen LogP contribution in [0.25, 0.3) is 10.2 Å². The molecule has 1 aliphatic carbocycles. The molecule has 0 atom stereocenters. The molecule has 4 rings (SSSR count). The summed E-state index contributed by atoms with van der Waals surface area (Å²) in [4.78, 5) is 30.8. The molecule has 1 N–H and O–H groups in total. The van der Waals surface area contributed by atoms with Crippen molar-refractivity contribution in [2.24, 2.45) is 0 Å². The summed E-state index contributed by atoms with van der Waals surface area (Å²) in [5, 5.41) is 2.35. The van der Waals surface area contributed by atoms with E-state index in [0.717, 1.165) is 49.5 Å². The zero-order chi connectivity index (χ0) is 21.5. The van der Waals surface area contributed by atoms with Crippen LogP contribution in [0, 0.1) is 6.92 Å². The number of thiophene rings is 1. The Bertz CT molecular complexity index is 1160. The van der Waals surface area contributed by atoms with Crippen molar-refractivity contribution in [2.45, 2.75) is 51.2 Å². The number of carbonyl (C=O) groups is 1. The highest BCUT2D eigenvalue weighted by atomic mass is 32.1. The second kappa shape index (κ2) is 7.86. The van der Waals surface area contributed by atoms with Crippen molar-refractivity contribution < 1.29 is 18.0 Å². The van der Waals surface area contributed by atoms with E-state index in [4.69, 9.17) is 0 Å². The number of amides is 1. The molecular weight excluding hydrogens is 415 g/mol. The summed E-state index contributed by atoms with van der Waals surface area (Å²) in [5.41, 5.74) is -1.08. The standard InChI is InChI=1S/C21H20F3N3O2S/c1-12-16(19(28)26-15-10-6-5-9-14(15)21(22,23)24)17-18(30-12)20(29)27(11-25-17)13-7-3-2-4-8-13/h5-6,9-11,13H,2-4,7-8H2,1H3,(H,26,28). The van der Waals surface area contributed by atoms with E-state index >= 15 is 0 Å². The number of hydrogen-bond acceptors (Lipinski definition) is 4. The third kappa shape index (κ3) is 3.74. The Balaban J connectivity index is 1.72. The molecule has 2 aromatic heterocycles. The molecule has 3 aromatic rings. The summed E-state index contributed by atoms with van der Waals surface area (Å²) >= 11 is 1.15. The van der Waals surface area contributed by atoms with Gasteiger partial charge in [0.2, 0.25) is 0 Å². The van der Waals surface area contributed by atoms with Crippen LogP contribution < -0.4 is 10.9 Å². The van der Waals surface area contributed by atoms with E-state index in [1.807, 2.05) is 0 Å². The number of anilines is 1. The fraction of sp³-hybridized carbons (Fsp3) is 0.381. The molecule has 1 amide bonds. The molecule has 2 heterocycles. The average molecular weight is 435 g/mol. The number of carbonyl (C=O) groups excluding carboxylic acids is 1. The number of hydrogen-bond donors (Lipinski definition) is 1. The maximum atomic E-state index is 13.2. The Morgan fingerprint density at radius 2 is 1.90 bits per heavy atom. The van der Waals surface area contributed by atoms with Crippen molar-refractivity contribution in [2.75, 3.05) is 5.32 Å². The summed E-state index contributed by atoms with van der Waals surface area (Å²) in [6.45, 7) is 1.67. The minimum atomic E-state index is -4.60. The first-order valence-corrected chi connectivity index (χ1v) is 10.6. The van der Waals surface area contributed by atoms with E-state index in [0.29, 0.717) is 9.58 Å². The van der Waals surface area contributed by atoms with Gasteiger partial charge in [0.05, 0.1) is 23.1 Å². The van der Waals surface area contributed by atoms with Crippen LogP contribution in [0.4, 0.5) is 18.9 Å². The largest absolute Gasteiger partial charge is 0.418 e. The Kier molecular flexibility index (Phi) is 5.40. The topological polar surface area (TPSA) is 64.0 Å². The van der Waals surface area contributed by atoms with Crippen molar-refractivity contribution in [1.29, 1.82) is 0 Å². The molecule has 0 saturated heterocycles. The fourth-order valence-electron chi connectivity index (χ4n) is 4.00. The molecular formula is C21H20F3N3O2S. The van der Waals surface area contributed by atoms with Gasteiger partial charge in [-0.1, -0.05) is 31.4 Å². The molecule has 9 heteroatoms. The van der Waals surface area contributed by atoms with Gasteiger partial charge < -0.3 is 5.32 Å². The molecule has 1 aromatic carbocycles. The molecule has 5 nitrogen and oxygen atoms in total. The number of alkyl halides is 3. The van der Waals surface area contributed by atoms with Gasteiger partial charge in [0.1, 0.15) is 10.2 Å². The average Bonchev–Trinajstić information content (AvgIpc) is 3.05. The van der Waals surface area contributed by atoms with E-state index in [2.05, 4.69) is 10.3 Å². The number of benzene rings is 1. The van der Waals surface area contributed by atoms with E-state index in [1.165, 1.54) is 24.5 Å². The van der Waals surface area contributed by atoms with Gasteiger partial charge in [-0.2, -0.15) is 13.2 Å². The van der Waals surface area contributed by atoms with Crippen LogP contribution in [0.15, 0.2) is 35.4 Å². The SMILES string of the molecule is Cc1sc2c(=O)n(C3CCCCC3)cnc2c1C(=O)Nc1ccccc1C(F)(F)F. The molecule has 1 aliphatic rings. The Morgan fingerprint density at radius 1 is 1.20 bits per heavy atom. The number of aryl methyl sites for hydroxylation is 1. The lowest BCUT2D eigenvalue weighted by Gasteiger charge is -2.23. The Labute approximate surface area is 174 Å². The lowest BCUT2D eigenvalue weighted by atomic mass is 9.95.